The molecule has 0 spiro atoms. The van der Waals surface area contributed by atoms with E-state index in [1.54, 1.807) is 0 Å². The monoisotopic (exact) mass is 255 g/mol. The first-order chi connectivity index (χ1) is 9.27. The summed E-state index contributed by atoms with van der Waals surface area (Å²) in [5.41, 5.74) is 2.29. The zero-order valence-corrected chi connectivity index (χ0v) is 11.7. The fourth-order valence-electron chi connectivity index (χ4n) is 2.43. The van der Waals surface area contributed by atoms with Gasteiger partial charge < -0.3 is 9.73 Å². The quantitative estimate of drug-likeness (QED) is 0.622. The van der Waals surface area contributed by atoms with Gasteiger partial charge in [-0.2, -0.15) is 0 Å². The minimum absolute atomic E-state index is 0.222. The lowest BCUT2D eigenvalue weighted by Gasteiger charge is -2.12. The Morgan fingerprint density at radius 1 is 1.37 bits per heavy atom. The number of fused-ring (bicyclic) bond motifs is 1. The number of benzene rings is 1. The van der Waals surface area contributed by atoms with Crippen molar-refractivity contribution in [3.05, 3.63) is 35.6 Å². The van der Waals surface area contributed by atoms with Gasteiger partial charge >= 0.3 is 0 Å². The third kappa shape index (κ3) is 3.00. The summed E-state index contributed by atoms with van der Waals surface area (Å²) in [4.78, 5) is 0. The molecular weight excluding hydrogens is 234 g/mol. The van der Waals surface area contributed by atoms with E-state index >= 15 is 0 Å². The summed E-state index contributed by atoms with van der Waals surface area (Å²) in [6, 6.07) is 8.46. The molecule has 0 amide bonds. The summed E-state index contributed by atoms with van der Waals surface area (Å²) in [5, 5.41) is 4.71. The van der Waals surface area contributed by atoms with Crippen LogP contribution in [0.15, 0.2) is 28.7 Å². The molecule has 1 aromatic carbocycles. The average Bonchev–Trinajstić information content (AvgIpc) is 2.82. The number of furan rings is 1. The van der Waals surface area contributed by atoms with Crippen molar-refractivity contribution in [1.29, 1.82) is 0 Å². The summed E-state index contributed by atoms with van der Waals surface area (Å²) >= 11 is 0. The molecule has 1 heterocycles. The normalized spacial score (nSPS) is 12.5. The molecule has 2 aromatic rings. The maximum absolute atomic E-state index is 6.01. The van der Waals surface area contributed by atoms with Crippen molar-refractivity contribution in [2.45, 2.75) is 39.2 Å². The minimum Gasteiger partial charge on any atom is -0.459 e. The smallest absolute Gasteiger partial charge is 0.134 e. The number of para-hydroxylation sites is 1. The highest BCUT2D eigenvalue weighted by Gasteiger charge is 2.17. The van der Waals surface area contributed by atoms with Gasteiger partial charge in [0.2, 0.25) is 0 Å². The number of rotatable bonds is 6. The van der Waals surface area contributed by atoms with E-state index in [0.29, 0.717) is 0 Å². The van der Waals surface area contributed by atoms with Crippen LogP contribution in [-0.4, -0.2) is 6.54 Å². The van der Waals surface area contributed by atoms with Gasteiger partial charge in [-0.25, -0.2) is 0 Å². The van der Waals surface area contributed by atoms with Crippen LogP contribution in [0.3, 0.4) is 0 Å². The van der Waals surface area contributed by atoms with Crippen molar-refractivity contribution < 1.29 is 4.42 Å². The third-order valence-corrected chi connectivity index (χ3v) is 3.42. The molecule has 1 atom stereocenters. The number of nitrogens with one attached hydrogen (secondary N) is 1. The predicted molar refractivity (Wildman–Crippen MR) is 80.1 cm³/mol. The Hall–Kier alpha value is -1.72. The van der Waals surface area contributed by atoms with E-state index in [0.717, 1.165) is 37.2 Å². The van der Waals surface area contributed by atoms with Crippen LogP contribution in [0.4, 0.5) is 0 Å². The van der Waals surface area contributed by atoms with Crippen LogP contribution in [0.25, 0.3) is 11.0 Å². The Kier molecular flexibility index (Phi) is 4.65. The zero-order chi connectivity index (χ0) is 13.7. The predicted octanol–water partition coefficient (Wildman–Crippen LogP) is 4.06. The van der Waals surface area contributed by atoms with Crippen LogP contribution in [0, 0.1) is 12.3 Å². The van der Waals surface area contributed by atoms with E-state index in [2.05, 4.69) is 37.2 Å². The van der Waals surface area contributed by atoms with Gasteiger partial charge in [-0.1, -0.05) is 25.1 Å². The second kappa shape index (κ2) is 6.45. The number of hydrogen-bond acceptors (Lipinski definition) is 2. The van der Waals surface area contributed by atoms with Gasteiger partial charge in [0.1, 0.15) is 11.3 Å². The van der Waals surface area contributed by atoms with Crippen LogP contribution in [0.2, 0.25) is 0 Å². The van der Waals surface area contributed by atoms with Gasteiger partial charge in [-0.15, -0.1) is 12.3 Å². The molecule has 1 N–H and O–H groups in total. The van der Waals surface area contributed by atoms with Crippen molar-refractivity contribution in [3.63, 3.8) is 0 Å². The second-order valence-electron chi connectivity index (χ2n) is 4.78. The molecule has 100 valence electrons. The van der Waals surface area contributed by atoms with Crippen LogP contribution < -0.4 is 5.32 Å². The average molecular weight is 255 g/mol. The molecule has 0 saturated carbocycles. The lowest BCUT2D eigenvalue weighted by molar-refractivity contribution is 0.445. The minimum atomic E-state index is 0.222. The van der Waals surface area contributed by atoms with Crippen molar-refractivity contribution in [2.24, 2.45) is 0 Å². The lowest BCUT2D eigenvalue weighted by atomic mass is 10.0. The number of terminal acetylenes is 1. The highest BCUT2D eigenvalue weighted by atomic mass is 16.3. The molecule has 1 unspecified atom stereocenters. The Morgan fingerprint density at radius 3 is 2.89 bits per heavy atom. The Balaban J connectivity index is 2.17. The van der Waals surface area contributed by atoms with Gasteiger partial charge in [-0.05, 0) is 32.4 Å². The van der Waals surface area contributed by atoms with E-state index in [1.165, 1.54) is 10.9 Å². The van der Waals surface area contributed by atoms with Crippen LogP contribution >= 0.6 is 0 Å². The summed E-state index contributed by atoms with van der Waals surface area (Å²) < 4.78 is 6.01. The van der Waals surface area contributed by atoms with Crippen molar-refractivity contribution in [1.82, 2.24) is 5.32 Å². The standard InChI is InChI=1S/C17H21NO/c1-4-6-9-12-18-13(3)17-14(5-2)15-10-7-8-11-16(15)19-17/h1,7-8,10-11,13,18H,5-6,9,12H2,2-3H3. The second-order valence-corrected chi connectivity index (χ2v) is 4.78. The highest BCUT2D eigenvalue weighted by molar-refractivity contribution is 5.82. The number of aryl methyl sites for hydroxylation is 1. The molecule has 0 bridgehead atoms. The van der Waals surface area contributed by atoms with E-state index in [-0.39, 0.29) is 6.04 Å². The zero-order valence-electron chi connectivity index (χ0n) is 11.7. The van der Waals surface area contributed by atoms with Crippen molar-refractivity contribution >= 4 is 11.0 Å². The van der Waals surface area contributed by atoms with E-state index < -0.39 is 0 Å². The van der Waals surface area contributed by atoms with Crippen LogP contribution in [-0.2, 0) is 6.42 Å². The Morgan fingerprint density at radius 2 is 2.16 bits per heavy atom. The Bertz CT molecular complexity index is 576. The molecule has 0 aliphatic rings. The molecular formula is C17H21NO. The molecule has 0 aliphatic heterocycles. The van der Waals surface area contributed by atoms with Gasteiger partial charge in [0, 0.05) is 17.4 Å². The van der Waals surface area contributed by atoms with E-state index in [9.17, 15) is 0 Å². The first kappa shape index (κ1) is 13.7. The fraction of sp³-hybridized carbons (Fsp3) is 0.412. The largest absolute Gasteiger partial charge is 0.459 e. The van der Waals surface area contributed by atoms with Crippen molar-refractivity contribution in [2.75, 3.05) is 6.54 Å². The van der Waals surface area contributed by atoms with Crippen LogP contribution in [0.1, 0.15) is 44.1 Å². The van der Waals surface area contributed by atoms with Crippen LogP contribution in [0.5, 0.6) is 0 Å². The molecule has 2 rings (SSSR count). The van der Waals surface area contributed by atoms with E-state index in [1.807, 2.05) is 12.1 Å². The first-order valence-corrected chi connectivity index (χ1v) is 6.95. The lowest BCUT2D eigenvalue weighted by Crippen LogP contribution is -2.20. The van der Waals surface area contributed by atoms with Gasteiger partial charge in [0.15, 0.2) is 0 Å². The van der Waals surface area contributed by atoms with Gasteiger partial charge in [0.05, 0.1) is 6.04 Å². The van der Waals surface area contributed by atoms with Gasteiger partial charge in [-0.3, -0.25) is 0 Å². The van der Waals surface area contributed by atoms with Gasteiger partial charge in [0.25, 0.3) is 0 Å². The molecule has 2 nitrogen and oxygen atoms in total. The SMILES string of the molecule is C#CCCCNC(C)c1oc2ccccc2c1CC. The summed E-state index contributed by atoms with van der Waals surface area (Å²) in [5.74, 6) is 3.72. The molecule has 2 heteroatoms. The third-order valence-electron chi connectivity index (χ3n) is 3.42. The first-order valence-electron chi connectivity index (χ1n) is 6.95. The molecule has 19 heavy (non-hydrogen) atoms. The topological polar surface area (TPSA) is 25.2 Å². The number of unbranched alkanes of at least 4 members (excludes halogenated alkanes) is 1. The fourth-order valence-corrected chi connectivity index (χ4v) is 2.43. The summed E-state index contributed by atoms with van der Waals surface area (Å²) in [7, 11) is 0. The molecule has 1 aromatic heterocycles. The molecule has 0 saturated heterocycles. The van der Waals surface area contributed by atoms with E-state index in [4.69, 9.17) is 10.8 Å². The maximum atomic E-state index is 6.01. The summed E-state index contributed by atoms with van der Waals surface area (Å²) in [6.07, 6.45) is 8.07. The summed E-state index contributed by atoms with van der Waals surface area (Å²) in [6.45, 7) is 5.24. The Labute approximate surface area is 115 Å². The molecule has 0 aliphatic carbocycles. The molecule has 0 fully saturated rings. The maximum Gasteiger partial charge on any atom is 0.134 e. The van der Waals surface area contributed by atoms with Crippen molar-refractivity contribution in [3.8, 4) is 12.3 Å². The molecule has 0 radical (unpaired) electrons. The number of hydrogen-bond donors (Lipinski definition) is 1. The highest BCUT2D eigenvalue weighted by Crippen LogP contribution is 2.30.